The van der Waals surface area contributed by atoms with Crippen LogP contribution in [0.25, 0.3) is 0 Å². The van der Waals surface area contributed by atoms with E-state index in [4.69, 9.17) is 5.73 Å². The van der Waals surface area contributed by atoms with Crippen molar-refractivity contribution >= 4 is 5.91 Å². The molecule has 2 N–H and O–H groups in total. The van der Waals surface area contributed by atoms with Crippen LogP contribution < -0.4 is 5.73 Å². The summed E-state index contributed by atoms with van der Waals surface area (Å²) >= 11 is 0. The number of carbonyl (C=O) groups excluding carboxylic acids is 1. The summed E-state index contributed by atoms with van der Waals surface area (Å²) in [7, 11) is 1.85. The lowest BCUT2D eigenvalue weighted by atomic mass is 9.68. The van der Waals surface area contributed by atoms with E-state index in [9.17, 15) is 4.79 Å². The maximum absolute atomic E-state index is 12.3. The maximum atomic E-state index is 12.3. The molecule has 1 saturated carbocycles. The molecule has 0 bridgehead atoms. The molecule has 0 aliphatic heterocycles. The molecule has 1 aromatic heterocycles. The first kappa shape index (κ1) is 12.0. The van der Waals surface area contributed by atoms with Gasteiger partial charge in [-0.15, -0.1) is 0 Å². The van der Waals surface area contributed by atoms with Crippen molar-refractivity contribution in [2.75, 3.05) is 13.6 Å². The van der Waals surface area contributed by atoms with Crippen molar-refractivity contribution < 1.29 is 4.79 Å². The molecule has 0 aromatic carbocycles. The summed E-state index contributed by atoms with van der Waals surface area (Å²) in [6, 6.07) is 3.86. The Labute approximate surface area is 102 Å². The highest BCUT2D eigenvalue weighted by molar-refractivity contribution is 5.83. The lowest BCUT2D eigenvalue weighted by Crippen LogP contribution is -2.50. The summed E-state index contributed by atoms with van der Waals surface area (Å²) in [5.74, 6) is 0.183. The molecular formula is C13H19N3O. The molecule has 0 atom stereocenters. The molecule has 2 rings (SSSR count). The standard InChI is InChI=1S/C13H19N3O/c1-16(9-11-3-7-15-8-4-11)12(17)13(10-14)5-2-6-13/h3-4,7-8H,2,5-6,9-10,14H2,1H3. The van der Waals surface area contributed by atoms with Gasteiger partial charge in [0.25, 0.3) is 0 Å². The van der Waals surface area contributed by atoms with Gasteiger partial charge >= 0.3 is 0 Å². The number of amides is 1. The van der Waals surface area contributed by atoms with Crippen molar-refractivity contribution in [2.45, 2.75) is 25.8 Å². The minimum atomic E-state index is -0.276. The highest BCUT2D eigenvalue weighted by atomic mass is 16.2. The third-order valence-electron chi connectivity index (χ3n) is 3.67. The minimum Gasteiger partial charge on any atom is -0.341 e. The van der Waals surface area contributed by atoms with E-state index >= 15 is 0 Å². The lowest BCUT2D eigenvalue weighted by molar-refractivity contribution is -0.145. The zero-order valence-corrected chi connectivity index (χ0v) is 10.2. The third kappa shape index (κ3) is 2.31. The number of rotatable bonds is 4. The highest BCUT2D eigenvalue weighted by Crippen LogP contribution is 2.41. The van der Waals surface area contributed by atoms with E-state index in [2.05, 4.69) is 4.98 Å². The zero-order valence-electron chi connectivity index (χ0n) is 10.2. The monoisotopic (exact) mass is 233 g/mol. The van der Waals surface area contributed by atoms with Crippen LogP contribution in [0.3, 0.4) is 0 Å². The number of nitrogens with zero attached hydrogens (tertiary/aromatic N) is 2. The van der Waals surface area contributed by atoms with E-state index in [-0.39, 0.29) is 11.3 Å². The Bertz CT molecular complexity index is 381. The first-order valence-electron chi connectivity index (χ1n) is 6.02. The molecule has 17 heavy (non-hydrogen) atoms. The van der Waals surface area contributed by atoms with Crippen LogP contribution in [0.4, 0.5) is 0 Å². The average molecular weight is 233 g/mol. The fraction of sp³-hybridized carbons (Fsp3) is 0.538. The van der Waals surface area contributed by atoms with Gasteiger partial charge in [0.15, 0.2) is 0 Å². The highest BCUT2D eigenvalue weighted by Gasteiger charge is 2.44. The Balaban J connectivity index is 2.00. The van der Waals surface area contributed by atoms with Crippen LogP contribution in [0.5, 0.6) is 0 Å². The lowest BCUT2D eigenvalue weighted by Gasteiger charge is -2.41. The van der Waals surface area contributed by atoms with Crippen LogP contribution in [-0.4, -0.2) is 29.4 Å². The SMILES string of the molecule is CN(Cc1ccncc1)C(=O)C1(CN)CCC1. The molecule has 1 aliphatic carbocycles. The normalized spacial score (nSPS) is 17.3. The molecule has 4 nitrogen and oxygen atoms in total. The Hall–Kier alpha value is -1.42. The van der Waals surface area contributed by atoms with Crippen molar-refractivity contribution in [1.82, 2.24) is 9.88 Å². The van der Waals surface area contributed by atoms with Gasteiger partial charge in [0.05, 0.1) is 5.41 Å². The van der Waals surface area contributed by atoms with Crippen LogP contribution >= 0.6 is 0 Å². The van der Waals surface area contributed by atoms with Crippen molar-refractivity contribution in [2.24, 2.45) is 11.1 Å². The Morgan fingerprint density at radius 1 is 1.47 bits per heavy atom. The van der Waals surface area contributed by atoms with Gasteiger partial charge in [-0.05, 0) is 30.5 Å². The molecule has 0 unspecified atom stereocenters. The van der Waals surface area contributed by atoms with Crippen LogP contribution in [-0.2, 0) is 11.3 Å². The minimum absolute atomic E-state index is 0.183. The average Bonchev–Trinajstić information content (AvgIpc) is 2.29. The summed E-state index contributed by atoms with van der Waals surface area (Å²) in [6.45, 7) is 1.09. The summed E-state index contributed by atoms with van der Waals surface area (Å²) < 4.78 is 0. The van der Waals surface area contributed by atoms with Crippen LogP contribution in [0, 0.1) is 5.41 Å². The molecule has 1 aliphatic rings. The maximum Gasteiger partial charge on any atom is 0.230 e. The molecule has 92 valence electrons. The van der Waals surface area contributed by atoms with Gasteiger partial charge in [-0.3, -0.25) is 9.78 Å². The second-order valence-electron chi connectivity index (χ2n) is 4.85. The van der Waals surface area contributed by atoms with Crippen molar-refractivity contribution in [3.63, 3.8) is 0 Å². The van der Waals surface area contributed by atoms with Crippen LogP contribution in [0.15, 0.2) is 24.5 Å². The van der Waals surface area contributed by atoms with Gasteiger partial charge < -0.3 is 10.6 Å². The van der Waals surface area contributed by atoms with E-state index in [1.165, 1.54) is 0 Å². The van der Waals surface area contributed by atoms with Gasteiger partial charge in [-0.2, -0.15) is 0 Å². The third-order valence-corrected chi connectivity index (χ3v) is 3.67. The van der Waals surface area contributed by atoms with Gasteiger partial charge in [-0.1, -0.05) is 6.42 Å². The summed E-state index contributed by atoms with van der Waals surface area (Å²) in [4.78, 5) is 18.1. The largest absolute Gasteiger partial charge is 0.341 e. The second kappa shape index (κ2) is 4.84. The molecule has 1 amide bonds. The second-order valence-corrected chi connectivity index (χ2v) is 4.85. The van der Waals surface area contributed by atoms with Crippen molar-refractivity contribution in [1.29, 1.82) is 0 Å². The predicted octanol–water partition coefficient (Wildman–Crippen LogP) is 1.17. The summed E-state index contributed by atoms with van der Waals surface area (Å²) in [5.41, 5.74) is 6.57. The van der Waals surface area contributed by atoms with Crippen LogP contribution in [0.2, 0.25) is 0 Å². The molecule has 0 saturated heterocycles. The number of nitrogens with two attached hydrogens (primary N) is 1. The molecule has 0 radical (unpaired) electrons. The van der Waals surface area contributed by atoms with Crippen molar-refractivity contribution in [3.8, 4) is 0 Å². The number of aromatic nitrogens is 1. The first-order chi connectivity index (χ1) is 8.18. The van der Waals surface area contributed by atoms with Crippen LogP contribution in [0.1, 0.15) is 24.8 Å². The number of hydrogen-bond donors (Lipinski definition) is 1. The Morgan fingerprint density at radius 3 is 2.59 bits per heavy atom. The number of carbonyl (C=O) groups is 1. The van der Waals surface area contributed by atoms with E-state index in [0.717, 1.165) is 24.8 Å². The van der Waals surface area contributed by atoms with Gasteiger partial charge in [0, 0.05) is 32.5 Å². The Kier molecular flexibility index (Phi) is 3.43. The van der Waals surface area contributed by atoms with Crippen molar-refractivity contribution in [3.05, 3.63) is 30.1 Å². The molecule has 1 fully saturated rings. The van der Waals surface area contributed by atoms with E-state index in [1.54, 1.807) is 17.3 Å². The molecule has 1 heterocycles. The quantitative estimate of drug-likeness (QED) is 0.849. The van der Waals surface area contributed by atoms with E-state index in [1.807, 2.05) is 19.2 Å². The molecule has 4 heteroatoms. The zero-order chi connectivity index (χ0) is 12.3. The summed E-state index contributed by atoms with van der Waals surface area (Å²) in [5, 5.41) is 0. The number of pyridine rings is 1. The van der Waals surface area contributed by atoms with Gasteiger partial charge in [0.2, 0.25) is 5.91 Å². The van der Waals surface area contributed by atoms with E-state index < -0.39 is 0 Å². The molecular weight excluding hydrogens is 214 g/mol. The van der Waals surface area contributed by atoms with Gasteiger partial charge in [-0.25, -0.2) is 0 Å². The topological polar surface area (TPSA) is 59.2 Å². The van der Waals surface area contributed by atoms with Gasteiger partial charge in [0.1, 0.15) is 0 Å². The smallest absolute Gasteiger partial charge is 0.230 e. The molecule has 0 spiro atoms. The number of hydrogen-bond acceptors (Lipinski definition) is 3. The van der Waals surface area contributed by atoms with E-state index in [0.29, 0.717) is 13.1 Å². The fourth-order valence-electron chi connectivity index (χ4n) is 2.35. The summed E-state index contributed by atoms with van der Waals surface area (Å²) in [6.07, 6.45) is 6.48. The predicted molar refractivity (Wildman–Crippen MR) is 66.0 cm³/mol. The first-order valence-corrected chi connectivity index (χ1v) is 6.02. The Morgan fingerprint density at radius 2 is 2.12 bits per heavy atom. The molecule has 1 aromatic rings. The fourth-order valence-corrected chi connectivity index (χ4v) is 2.35.